The zero-order chi connectivity index (χ0) is 16.4. The van der Waals surface area contributed by atoms with E-state index in [4.69, 9.17) is 4.74 Å². The fourth-order valence-corrected chi connectivity index (χ4v) is 4.31. The molecule has 0 bridgehead atoms. The van der Waals surface area contributed by atoms with Crippen molar-refractivity contribution in [1.82, 2.24) is 10.2 Å². The average Bonchev–Trinajstić information content (AvgIpc) is 3.26. The number of benzene rings is 1. The van der Waals surface area contributed by atoms with Gasteiger partial charge in [0.1, 0.15) is 0 Å². The van der Waals surface area contributed by atoms with Crippen molar-refractivity contribution in [2.75, 3.05) is 44.3 Å². The quantitative estimate of drug-likeness (QED) is 0.907. The van der Waals surface area contributed by atoms with Crippen LogP contribution in [0.15, 0.2) is 30.3 Å². The Bertz CT molecular complexity index is 571. The minimum absolute atomic E-state index is 0.110. The lowest BCUT2D eigenvalue weighted by Gasteiger charge is -2.35. The van der Waals surface area contributed by atoms with Crippen LogP contribution in [-0.4, -0.2) is 56.4 Å². The highest BCUT2D eigenvalue weighted by Crippen LogP contribution is 2.38. The summed E-state index contributed by atoms with van der Waals surface area (Å²) in [6.45, 7) is 5.36. The molecule has 0 radical (unpaired) electrons. The number of nitrogens with zero attached hydrogens (tertiary/aromatic N) is 2. The summed E-state index contributed by atoms with van der Waals surface area (Å²) in [6.07, 6.45) is 4.37. The van der Waals surface area contributed by atoms with Gasteiger partial charge in [0.2, 0.25) is 0 Å². The highest BCUT2D eigenvalue weighted by Gasteiger charge is 2.43. The summed E-state index contributed by atoms with van der Waals surface area (Å²) in [6, 6.07) is 10.8. The van der Waals surface area contributed by atoms with Gasteiger partial charge in [-0.1, -0.05) is 18.2 Å². The first-order chi connectivity index (χ1) is 11.7. The Morgan fingerprint density at radius 1 is 1.21 bits per heavy atom. The van der Waals surface area contributed by atoms with Crippen molar-refractivity contribution in [2.45, 2.75) is 31.7 Å². The summed E-state index contributed by atoms with van der Waals surface area (Å²) in [5.41, 5.74) is 1.49. The number of hydrogen-bond acceptors (Lipinski definition) is 3. The molecule has 5 nitrogen and oxygen atoms in total. The number of carbonyl (C=O) groups is 1. The van der Waals surface area contributed by atoms with E-state index in [0.717, 1.165) is 65.1 Å². The third-order valence-electron chi connectivity index (χ3n) is 5.78. The van der Waals surface area contributed by atoms with Gasteiger partial charge in [0.25, 0.3) is 0 Å². The number of anilines is 1. The molecule has 3 fully saturated rings. The molecule has 130 valence electrons. The van der Waals surface area contributed by atoms with E-state index in [0.29, 0.717) is 0 Å². The lowest BCUT2D eigenvalue weighted by Crippen LogP contribution is -2.51. The Labute approximate surface area is 144 Å². The van der Waals surface area contributed by atoms with Crippen LogP contribution in [0, 0.1) is 5.41 Å². The molecule has 2 amide bonds. The molecule has 3 aliphatic rings. The number of para-hydroxylation sites is 1. The smallest absolute Gasteiger partial charge is 0.317 e. The number of amides is 2. The normalized spacial score (nSPS) is 30.1. The highest BCUT2D eigenvalue weighted by molar-refractivity contribution is 5.75. The van der Waals surface area contributed by atoms with Crippen LogP contribution in [-0.2, 0) is 4.74 Å². The molecule has 0 saturated carbocycles. The van der Waals surface area contributed by atoms with Gasteiger partial charge in [-0.05, 0) is 37.8 Å². The molecule has 0 aliphatic carbocycles. The molecule has 5 heteroatoms. The topological polar surface area (TPSA) is 44.8 Å². The largest absolute Gasteiger partial charge is 0.381 e. The van der Waals surface area contributed by atoms with Crippen molar-refractivity contribution < 1.29 is 9.53 Å². The van der Waals surface area contributed by atoms with Gasteiger partial charge in [-0.25, -0.2) is 4.79 Å². The predicted octanol–water partition coefficient (Wildman–Crippen LogP) is 2.48. The van der Waals surface area contributed by atoms with Crippen LogP contribution >= 0.6 is 0 Å². The van der Waals surface area contributed by atoms with Gasteiger partial charge in [0.05, 0.1) is 6.61 Å². The number of likely N-dealkylation sites (tertiary alicyclic amines) is 1. The second-order valence-corrected chi connectivity index (χ2v) is 7.54. The van der Waals surface area contributed by atoms with E-state index in [9.17, 15) is 4.79 Å². The molecule has 1 spiro atoms. The van der Waals surface area contributed by atoms with Crippen LogP contribution < -0.4 is 10.2 Å². The number of urea groups is 1. The van der Waals surface area contributed by atoms with Gasteiger partial charge >= 0.3 is 6.03 Å². The van der Waals surface area contributed by atoms with E-state index in [1.165, 1.54) is 5.69 Å². The van der Waals surface area contributed by atoms with Crippen molar-refractivity contribution >= 4 is 11.7 Å². The average molecular weight is 329 g/mol. The second kappa shape index (κ2) is 6.63. The molecule has 1 aromatic rings. The number of piperidine rings is 1. The van der Waals surface area contributed by atoms with Crippen LogP contribution in [0.5, 0.6) is 0 Å². The summed E-state index contributed by atoms with van der Waals surface area (Å²) < 4.78 is 5.56. The first-order valence-electron chi connectivity index (χ1n) is 9.17. The van der Waals surface area contributed by atoms with Crippen LogP contribution in [0.1, 0.15) is 25.7 Å². The van der Waals surface area contributed by atoms with Gasteiger partial charge in [0.15, 0.2) is 0 Å². The molecule has 24 heavy (non-hydrogen) atoms. The van der Waals surface area contributed by atoms with Crippen molar-refractivity contribution in [3.05, 3.63) is 30.3 Å². The van der Waals surface area contributed by atoms with E-state index < -0.39 is 0 Å². The Morgan fingerprint density at radius 3 is 2.88 bits per heavy atom. The third-order valence-corrected chi connectivity index (χ3v) is 5.78. The standard InChI is InChI=1S/C19H27N3O2/c23-18(22-11-8-19(14-22)9-12-24-15-19)20-16-5-4-10-21(13-16)17-6-2-1-3-7-17/h1-3,6-7,16H,4-5,8-15H2,(H,20,23)/t16-,19+/m0/s1. The molecule has 3 heterocycles. The minimum atomic E-state index is 0.110. The van der Waals surface area contributed by atoms with E-state index in [1.807, 2.05) is 11.0 Å². The number of carbonyl (C=O) groups excluding carboxylic acids is 1. The SMILES string of the molecule is O=C(N[C@H]1CCCN(c2ccccc2)C1)N1CC[C@@]2(CCOC2)C1. The zero-order valence-electron chi connectivity index (χ0n) is 14.2. The van der Waals surface area contributed by atoms with Crippen LogP contribution in [0.3, 0.4) is 0 Å². The van der Waals surface area contributed by atoms with Crippen molar-refractivity contribution in [3.63, 3.8) is 0 Å². The Kier molecular flexibility index (Phi) is 4.35. The van der Waals surface area contributed by atoms with Gasteiger partial charge in [-0.2, -0.15) is 0 Å². The second-order valence-electron chi connectivity index (χ2n) is 7.54. The maximum atomic E-state index is 12.7. The molecule has 2 atom stereocenters. The number of ether oxygens (including phenoxy) is 1. The Morgan fingerprint density at radius 2 is 2.08 bits per heavy atom. The van der Waals surface area contributed by atoms with E-state index in [2.05, 4.69) is 34.5 Å². The number of rotatable bonds is 2. The Hall–Kier alpha value is -1.75. The van der Waals surface area contributed by atoms with Gasteiger partial charge in [-0.15, -0.1) is 0 Å². The summed E-state index contributed by atoms with van der Waals surface area (Å²) >= 11 is 0. The third kappa shape index (κ3) is 3.22. The molecular formula is C19H27N3O2. The summed E-state index contributed by atoms with van der Waals surface area (Å²) in [5, 5.41) is 3.27. The summed E-state index contributed by atoms with van der Waals surface area (Å²) in [4.78, 5) is 17.0. The number of hydrogen-bond donors (Lipinski definition) is 1. The zero-order valence-corrected chi connectivity index (χ0v) is 14.2. The maximum absolute atomic E-state index is 12.7. The predicted molar refractivity (Wildman–Crippen MR) is 94.3 cm³/mol. The molecule has 4 rings (SSSR count). The first-order valence-corrected chi connectivity index (χ1v) is 9.17. The van der Waals surface area contributed by atoms with Crippen LogP contribution in [0.25, 0.3) is 0 Å². The molecular weight excluding hydrogens is 302 g/mol. The van der Waals surface area contributed by atoms with Gasteiger partial charge in [0, 0.05) is 49.9 Å². The van der Waals surface area contributed by atoms with E-state index in [1.54, 1.807) is 0 Å². The molecule has 1 N–H and O–H groups in total. The highest BCUT2D eigenvalue weighted by atomic mass is 16.5. The van der Waals surface area contributed by atoms with Crippen molar-refractivity contribution in [3.8, 4) is 0 Å². The monoisotopic (exact) mass is 329 g/mol. The van der Waals surface area contributed by atoms with E-state index >= 15 is 0 Å². The van der Waals surface area contributed by atoms with Gasteiger partial charge in [-0.3, -0.25) is 0 Å². The lowest BCUT2D eigenvalue weighted by atomic mass is 9.87. The van der Waals surface area contributed by atoms with Crippen molar-refractivity contribution in [2.24, 2.45) is 5.41 Å². The fraction of sp³-hybridized carbons (Fsp3) is 0.632. The number of nitrogens with one attached hydrogen (secondary N) is 1. The van der Waals surface area contributed by atoms with Gasteiger partial charge < -0.3 is 19.9 Å². The molecule has 3 aliphatic heterocycles. The fourth-order valence-electron chi connectivity index (χ4n) is 4.31. The van der Waals surface area contributed by atoms with Crippen molar-refractivity contribution in [1.29, 1.82) is 0 Å². The van der Waals surface area contributed by atoms with Crippen LogP contribution in [0.2, 0.25) is 0 Å². The molecule has 3 saturated heterocycles. The minimum Gasteiger partial charge on any atom is -0.381 e. The molecule has 1 aromatic carbocycles. The Balaban J connectivity index is 1.32. The molecule has 0 unspecified atom stereocenters. The first kappa shape index (κ1) is 15.8. The lowest BCUT2D eigenvalue weighted by molar-refractivity contribution is 0.152. The summed E-state index contributed by atoms with van der Waals surface area (Å²) in [7, 11) is 0. The summed E-state index contributed by atoms with van der Waals surface area (Å²) in [5.74, 6) is 0. The maximum Gasteiger partial charge on any atom is 0.317 e. The molecule has 0 aromatic heterocycles. The van der Waals surface area contributed by atoms with Crippen LogP contribution in [0.4, 0.5) is 10.5 Å². The van der Waals surface area contributed by atoms with E-state index in [-0.39, 0.29) is 17.5 Å².